The lowest BCUT2D eigenvalue weighted by Gasteiger charge is -2.15. The highest BCUT2D eigenvalue weighted by molar-refractivity contribution is 5.86. The fourth-order valence-electron chi connectivity index (χ4n) is 2.43. The third kappa shape index (κ3) is 2.59. The molecule has 0 saturated heterocycles. The Kier molecular flexibility index (Phi) is 3.66. The molecular formula is C16H20N6. The van der Waals surface area contributed by atoms with Crippen molar-refractivity contribution in [3.05, 3.63) is 41.6 Å². The van der Waals surface area contributed by atoms with Crippen LogP contribution in [-0.2, 0) is 13.5 Å². The van der Waals surface area contributed by atoms with Gasteiger partial charge in [0.15, 0.2) is 5.65 Å². The number of benzene rings is 1. The van der Waals surface area contributed by atoms with Crippen molar-refractivity contribution in [1.29, 1.82) is 0 Å². The summed E-state index contributed by atoms with van der Waals surface area (Å²) in [5.74, 6) is 0.954. The van der Waals surface area contributed by atoms with Gasteiger partial charge in [0, 0.05) is 7.05 Å². The second-order valence-corrected chi connectivity index (χ2v) is 5.40. The number of aromatic nitrogens is 4. The van der Waals surface area contributed by atoms with E-state index in [0.29, 0.717) is 11.8 Å². The maximum Gasteiger partial charge on any atom is 0.227 e. The summed E-state index contributed by atoms with van der Waals surface area (Å²) in [6, 6.07) is 8.64. The molecular weight excluding hydrogens is 276 g/mol. The van der Waals surface area contributed by atoms with Gasteiger partial charge in [0.2, 0.25) is 5.95 Å². The Bertz CT molecular complexity index is 790. The summed E-state index contributed by atoms with van der Waals surface area (Å²) in [6.07, 6.45) is 2.72. The number of hydrogen-bond donors (Lipinski definition) is 2. The molecule has 0 bridgehead atoms. The van der Waals surface area contributed by atoms with Gasteiger partial charge in [-0.25, -0.2) is 0 Å². The van der Waals surface area contributed by atoms with Crippen molar-refractivity contribution in [3.8, 4) is 0 Å². The number of nitrogens with zero attached hydrogens (tertiary/aromatic N) is 4. The summed E-state index contributed by atoms with van der Waals surface area (Å²) in [4.78, 5) is 8.81. The van der Waals surface area contributed by atoms with Crippen LogP contribution in [0.15, 0.2) is 30.5 Å². The third-order valence-corrected chi connectivity index (χ3v) is 3.86. The van der Waals surface area contributed by atoms with Crippen LogP contribution in [0.5, 0.6) is 0 Å². The quantitative estimate of drug-likeness (QED) is 0.773. The maximum absolute atomic E-state index is 5.98. The van der Waals surface area contributed by atoms with E-state index < -0.39 is 0 Å². The molecule has 3 rings (SSSR count). The lowest BCUT2D eigenvalue weighted by atomic mass is 10.1. The highest BCUT2D eigenvalue weighted by Gasteiger charge is 2.12. The standard InChI is InChI=1S/C16H20N6/c1-4-11-5-7-12(8-6-11)10(2)19-16-20-14(17)13-9-18-22(3)15(13)21-16/h5-10H,4H2,1-3H3,(H3,17,19,20,21). The van der Waals surface area contributed by atoms with Gasteiger partial charge in [-0.05, 0) is 24.5 Å². The molecule has 0 aliphatic rings. The van der Waals surface area contributed by atoms with E-state index in [0.717, 1.165) is 17.5 Å². The van der Waals surface area contributed by atoms with E-state index >= 15 is 0 Å². The van der Waals surface area contributed by atoms with Crippen molar-refractivity contribution in [1.82, 2.24) is 19.7 Å². The molecule has 0 aliphatic heterocycles. The molecule has 22 heavy (non-hydrogen) atoms. The Balaban J connectivity index is 1.86. The molecule has 6 heteroatoms. The summed E-state index contributed by atoms with van der Waals surface area (Å²) < 4.78 is 1.69. The van der Waals surface area contributed by atoms with Crippen molar-refractivity contribution < 1.29 is 0 Å². The van der Waals surface area contributed by atoms with Gasteiger partial charge in [-0.2, -0.15) is 15.1 Å². The highest BCUT2D eigenvalue weighted by atomic mass is 15.3. The summed E-state index contributed by atoms with van der Waals surface area (Å²) in [7, 11) is 1.84. The normalized spacial score (nSPS) is 12.5. The molecule has 6 nitrogen and oxygen atoms in total. The number of anilines is 2. The van der Waals surface area contributed by atoms with E-state index in [2.05, 4.69) is 58.5 Å². The van der Waals surface area contributed by atoms with Crippen LogP contribution in [0.3, 0.4) is 0 Å². The van der Waals surface area contributed by atoms with Gasteiger partial charge in [-0.3, -0.25) is 4.68 Å². The van der Waals surface area contributed by atoms with E-state index in [-0.39, 0.29) is 6.04 Å². The minimum atomic E-state index is 0.0935. The van der Waals surface area contributed by atoms with Gasteiger partial charge in [0.25, 0.3) is 0 Å². The van der Waals surface area contributed by atoms with Crippen LogP contribution in [0, 0.1) is 0 Å². The van der Waals surface area contributed by atoms with Crippen LogP contribution in [0.2, 0.25) is 0 Å². The van der Waals surface area contributed by atoms with E-state index in [1.54, 1.807) is 10.9 Å². The zero-order chi connectivity index (χ0) is 15.7. The molecule has 0 fully saturated rings. The van der Waals surface area contributed by atoms with Gasteiger partial charge in [0.05, 0.1) is 17.6 Å². The fourth-order valence-corrected chi connectivity index (χ4v) is 2.43. The van der Waals surface area contributed by atoms with Crippen molar-refractivity contribution in [3.63, 3.8) is 0 Å². The third-order valence-electron chi connectivity index (χ3n) is 3.86. The molecule has 0 spiro atoms. The number of fused-ring (bicyclic) bond motifs is 1. The first kappa shape index (κ1) is 14.3. The Morgan fingerprint density at radius 3 is 2.64 bits per heavy atom. The van der Waals surface area contributed by atoms with Gasteiger partial charge in [-0.15, -0.1) is 0 Å². The van der Waals surface area contributed by atoms with Crippen molar-refractivity contribution in [2.75, 3.05) is 11.1 Å². The molecule has 1 atom stereocenters. The first-order valence-electron chi connectivity index (χ1n) is 7.39. The highest BCUT2D eigenvalue weighted by Crippen LogP contribution is 2.22. The smallest absolute Gasteiger partial charge is 0.227 e. The van der Waals surface area contributed by atoms with Crippen LogP contribution in [0.4, 0.5) is 11.8 Å². The molecule has 0 saturated carbocycles. The molecule has 114 valence electrons. The van der Waals surface area contributed by atoms with Crippen molar-refractivity contribution >= 4 is 22.8 Å². The molecule has 1 aromatic carbocycles. The monoisotopic (exact) mass is 296 g/mol. The summed E-state index contributed by atoms with van der Waals surface area (Å²) in [6.45, 7) is 4.23. The van der Waals surface area contributed by atoms with Crippen LogP contribution in [-0.4, -0.2) is 19.7 Å². The summed E-state index contributed by atoms with van der Waals surface area (Å²) in [5, 5.41) is 8.23. The number of aryl methyl sites for hydroxylation is 2. The number of nitrogen functional groups attached to an aromatic ring is 1. The molecule has 3 N–H and O–H groups in total. The maximum atomic E-state index is 5.98. The molecule has 1 unspecified atom stereocenters. The van der Waals surface area contributed by atoms with E-state index in [1.807, 2.05) is 7.05 Å². The zero-order valence-corrected chi connectivity index (χ0v) is 13.0. The van der Waals surface area contributed by atoms with E-state index in [1.165, 1.54) is 11.1 Å². The topological polar surface area (TPSA) is 81.6 Å². The van der Waals surface area contributed by atoms with Gasteiger partial charge >= 0.3 is 0 Å². The SMILES string of the molecule is CCc1ccc(C(C)Nc2nc(N)c3cnn(C)c3n2)cc1. The van der Waals surface area contributed by atoms with Crippen LogP contribution >= 0.6 is 0 Å². The summed E-state index contributed by atoms with van der Waals surface area (Å²) in [5.41, 5.74) is 9.22. The lowest BCUT2D eigenvalue weighted by Crippen LogP contribution is -2.11. The van der Waals surface area contributed by atoms with Crippen LogP contribution in [0.1, 0.15) is 31.0 Å². The molecule has 2 heterocycles. The van der Waals surface area contributed by atoms with Crippen LogP contribution < -0.4 is 11.1 Å². The second-order valence-electron chi connectivity index (χ2n) is 5.40. The zero-order valence-electron chi connectivity index (χ0n) is 13.0. The van der Waals surface area contributed by atoms with Crippen molar-refractivity contribution in [2.24, 2.45) is 7.05 Å². The molecule has 0 radical (unpaired) electrons. The second kappa shape index (κ2) is 5.63. The number of hydrogen-bond acceptors (Lipinski definition) is 5. The lowest BCUT2D eigenvalue weighted by molar-refractivity contribution is 0.783. The largest absolute Gasteiger partial charge is 0.383 e. The van der Waals surface area contributed by atoms with Gasteiger partial charge in [0.1, 0.15) is 5.82 Å². The predicted molar refractivity (Wildman–Crippen MR) is 88.6 cm³/mol. The first-order valence-corrected chi connectivity index (χ1v) is 7.39. The molecule has 0 aliphatic carbocycles. The minimum absolute atomic E-state index is 0.0935. The number of nitrogens with one attached hydrogen (secondary N) is 1. The molecule has 2 aromatic heterocycles. The van der Waals surface area contributed by atoms with Gasteiger partial charge < -0.3 is 11.1 Å². The molecule has 3 aromatic rings. The fraction of sp³-hybridized carbons (Fsp3) is 0.312. The first-order chi connectivity index (χ1) is 10.6. The Morgan fingerprint density at radius 2 is 1.95 bits per heavy atom. The predicted octanol–water partition coefficient (Wildman–Crippen LogP) is 2.68. The average Bonchev–Trinajstić information content (AvgIpc) is 2.89. The summed E-state index contributed by atoms with van der Waals surface area (Å²) >= 11 is 0. The average molecular weight is 296 g/mol. The Morgan fingerprint density at radius 1 is 1.23 bits per heavy atom. The van der Waals surface area contributed by atoms with E-state index in [4.69, 9.17) is 5.73 Å². The van der Waals surface area contributed by atoms with Crippen molar-refractivity contribution in [2.45, 2.75) is 26.3 Å². The number of rotatable bonds is 4. The Labute approximate surface area is 129 Å². The van der Waals surface area contributed by atoms with E-state index in [9.17, 15) is 0 Å². The van der Waals surface area contributed by atoms with Gasteiger partial charge in [-0.1, -0.05) is 31.2 Å². The molecule has 0 amide bonds. The number of nitrogens with two attached hydrogens (primary N) is 1. The Hall–Kier alpha value is -2.63. The van der Waals surface area contributed by atoms with Crippen LogP contribution in [0.25, 0.3) is 11.0 Å². The minimum Gasteiger partial charge on any atom is -0.383 e.